The van der Waals surface area contributed by atoms with Crippen LogP contribution in [0.15, 0.2) is 55.2 Å². The number of amides is 1. The SMILES string of the molecule is CC(=O)c1c([C@H]2C[C@H]3CC[C@@H](C2)N3C(=O)c2nnc[nH]2)nc2c(-c3cnn(-c4ccccc4)c3)cnn2c1N. The molecule has 0 radical (unpaired) electrons. The van der Waals surface area contributed by atoms with Crippen LogP contribution >= 0.6 is 0 Å². The Morgan fingerprint density at radius 2 is 1.82 bits per heavy atom. The highest BCUT2D eigenvalue weighted by Crippen LogP contribution is 2.45. The quantitative estimate of drug-likeness (QED) is 0.334. The predicted octanol–water partition coefficient (Wildman–Crippen LogP) is 3.04. The van der Waals surface area contributed by atoms with Gasteiger partial charge in [-0.2, -0.15) is 14.7 Å². The number of piperidine rings is 1. The van der Waals surface area contributed by atoms with Gasteiger partial charge in [-0.25, -0.2) is 9.67 Å². The summed E-state index contributed by atoms with van der Waals surface area (Å²) in [6, 6.07) is 9.89. The van der Waals surface area contributed by atoms with Crippen LogP contribution in [0.3, 0.4) is 0 Å². The number of nitrogen functional groups attached to an aromatic ring is 1. The third kappa shape index (κ3) is 3.70. The number of ketones is 1. The van der Waals surface area contributed by atoms with E-state index in [9.17, 15) is 9.59 Å². The van der Waals surface area contributed by atoms with Crippen molar-refractivity contribution in [1.82, 2.24) is 44.5 Å². The molecule has 2 fully saturated rings. The maximum Gasteiger partial charge on any atom is 0.292 e. The number of aromatic nitrogens is 8. The van der Waals surface area contributed by atoms with E-state index in [2.05, 4.69) is 25.4 Å². The number of nitrogens with two attached hydrogens (primary N) is 1. The van der Waals surface area contributed by atoms with Crippen LogP contribution < -0.4 is 5.73 Å². The second-order valence-electron chi connectivity index (χ2n) is 10.2. The molecule has 2 saturated heterocycles. The largest absolute Gasteiger partial charge is 0.383 e. The molecule has 0 spiro atoms. The van der Waals surface area contributed by atoms with Gasteiger partial charge in [-0.15, -0.1) is 10.2 Å². The Labute approximate surface area is 222 Å². The molecule has 12 nitrogen and oxygen atoms in total. The fraction of sp³-hybridized carbons (Fsp3) is 0.296. The normalized spacial score (nSPS) is 20.5. The van der Waals surface area contributed by atoms with Crippen LogP contribution in [0.4, 0.5) is 5.82 Å². The lowest BCUT2D eigenvalue weighted by molar-refractivity contribution is 0.0556. The van der Waals surface area contributed by atoms with E-state index in [1.165, 1.54) is 17.8 Å². The molecule has 0 aliphatic carbocycles. The van der Waals surface area contributed by atoms with Crippen molar-refractivity contribution in [1.29, 1.82) is 0 Å². The van der Waals surface area contributed by atoms with E-state index in [0.717, 1.165) is 29.7 Å². The van der Waals surface area contributed by atoms with Crippen LogP contribution in [-0.4, -0.2) is 68.2 Å². The Hall–Kier alpha value is -4.87. The lowest BCUT2D eigenvalue weighted by atomic mass is 9.85. The van der Waals surface area contributed by atoms with E-state index in [0.29, 0.717) is 29.7 Å². The number of nitrogens with one attached hydrogen (secondary N) is 1. The van der Waals surface area contributed by atoms with Crippen molar-refractivity contribution in [2.45, 2.75) is 50.6 Å². The van der Waals surface area contributed by atoms with E-state index in [-0.39, 0.29) is 41.3 Å². The molecule has 1 aromatic carbocycles. The summed E-state index contributed by atoms with van der Waals surface area (Å²) in [7, 11) is 0. The molecule has 2 bridgehead atoms. The molecule has 196 valence electrons. The lowest BCUT2D eigenvalue weighted by Crippen LogP contribution is -2.46. The maximum atomic E-state index is 13.1. The molecule has 1 amide bonds. The minimum atomic E-state index is -0.154. The number of H-pyrrole nitrogens is 1. The van der Waals surface area contributed by atoms with E-state index in [1.807, 2.05) is 41.4 Å². The zero-order chi connectivity index (χ0) is 26.7. The number of hydrogen-bond donors (Lipinski definition) is 2. The Bertz CT molecular complexity index is 1690. The second kappa shape index (κ2) is 8.86. The van der Waals surface area contributed by atoms with Gasteiger partial charge in [0.1, 0.15) is 12.1 Å². The molecule has 39 heavy (non-hydrogen) atoms. The smallest absolute Gasteiger partial charge is 0.292 e. The Morgan fingerprint density at radius 3 is 2.51 bits per heavy atom. The molecule has 3 N–H and O–H groups in total. The van der Waals surface area contributed by atoms with Gasteiger partial charge in [0.05, 0.1) is 29.3 Å². The van der Waals surface area contributed by atoms with Gasteiger partial charge in [-0.05, 0) is 44.7 Å². The molecule has 0 saturated carbocycles. The third-order valence-corrected chi connectivity index (χ3v) is 7.95. The fourth-order valence-electron chi connectivity index (χ4n) is 6.24. The number of Topliss-reactive ketones (excluding diaryl/α,β-unsaturated/α-hetero) is 1. The minimum absolute atomic E-state index is 0.0257. The molecule has 7 rings (SSSR count). The summed E-state index contributed by atoms with van der Waals surface area (Å²) in [5.41, 5.74) is 10.8. The number of anilines is 1. The summed E-state index contributed by atoms with van der Waals surface area (Å²) in [4.78, 5) is 35.8. The summed E-state index contributed by atoms with van der Waals surface area (Å²) in [6.07, 6.45) is 9.99. The number of hydrogen-bond acceptors (Lipinski definition) is 8. The van der Waals surface area contributed by atoms with Crippen molar-refractivity contribution in [2.24, 2.45) is 0 Å². The highest BCUT2D eigenvalue weighted by atomic mass is 16.2. The van der Waals surface area contributed by atoms with Gasteiger partial charge >= 0.3 is 0 Å². The van der Waals surface area contributed by atoms with Crippen molar-refractivity contribution >= 4 is 23.2 Å². The number of fused-ring (bicyclic) bond motifs is 3. The predicted molar refractivity (Wildman–Crippen MR) is 141 cm³/mol. The Kier molecular flexibility index (Phi) is 5.28. The first-order valence-electron chi connectivity index (χ1n) is 13.0. The highest BCUT2D eigenvalue weighted by Gasteiger charge is 2.45. The van der Waals surface area contributed by atoms with E-state index >= 15 is 0 Å². The number of benzene rings is 1. The van der Waals surface area contributed by atoms with Gasteiger partial charge in [0.2, 0.25) is 5.82 Å². The fourth-order valence-corrected chi connectivity index (χ4v) is 6.24. The van der Waals surface area contributed by atoms with Crippen LogP contribution in [0.5, 0.6) is 0 Å². The Balaban J connectivity index is 1.27. The van der Waals surface area contributed by atoms with Gasteiger partial charge in [-0.3, -0.25) is 9.59 Å². The van der Waals surface area contributed by atoms with E-state index < -0.39 is 0 Å². The standard InChI is InChI=1S/C27H26N10O2/c1-15(38)22-23(16-9-19-7-8-20(10-16)36(19)27(39)25-29-14-30-34-25)33-26-21(12-32-37(26)24(22)28)17-11-31-35(13-17)18-5-3-2-4-6-18/h2-6,11-14,16,19-20H,7-10,28H2,1H3,(H,29,30,34)/t16-,19+,20-. The van der Waals surface area contributed by atoms with Gasteiger partial charge < -0.3 is 15.6 Å². The monoisotopic (exact) mass is 522 g/mol. The first-order chi connectivity index (χ1) is 19.0. The topological polar surface area (TPSA) is 153 Å². The number of carbonyl (C=O) groups is 2. The van der Waals surface area contributed by atoms with E-state index in [1.54, 1.807) is 17.1 Å². The van der Waals surface area contributed by atoms with Crippen LogP contribution in [0.1, 0.15) is 65.2 Å². The number of aromatic amines is 1. The van der Waals surface area contributed by atoms with Gasteiger partial charge in [-0.1, -0.05) is 18.2 Å². The second-order valence-corrected chi connectivity index (χ2v) is 10.2. The summed E-state index contributed by atoms with van der Waals surface area (Å²) in [6.45, 7) is 1.51. The molecular weight excluding hydrogens is 496 g/mol. The zero-order valence-electron chi connectivity index (χ0n) is 21.2. The summed E-state index contributed by atoms with van der Waals surface area (Å²) < 4.78 is 3.33. The summed E-state index contributed by atoms with van der Waals surface area (Å²) in [5.74, 6) is 0.206. The average molecular weight is 523 g/mol. The molecule has 3 atom stereocenters. The van der Waals surface area contributed by atoms with Crippen molar-refractivity contribution in [3.05, 3.63) is 72.3 Å². The highest BCUT2D eigenvalue weighted by molar-refractivity contribution is 6.00. The first-order valence-corrected chi connectivity index (χ1v) is 13.0. The molecule has 2 aliphatic heterocycles. The zero-order valence-corrected chi connectivity index (χ0v) is 21.2. The van der Waals surface area contributed by atoms with Gasteiger partial charge in [0, 0.05) is 35.3 Å². The molecule has 5 aromatic rings. The molecule has 6 heterocycles. The van der Waals surface area contributed by atoms with Gasteiger partial charge in [0.25, 0.3) is 5.91 Å². The summed E-state index contributed by atoms with van der Waals surface area (Å²) >= 11 is 0. The van der Waals surface area contributed by atoms with Crippen LogP contribution in [0.25, 0.3) is 22.5 Å². The number of carbonyl (C=O) groups excluding carboxylic acids is 2. The molecular formula is C27H26N10O2. The number of rotatable bonds is 5. The van der Waals surface area contributed by atoms with Crippen LogP contribution in [0, 0.1) is 0 Å². The van der Waals surface area contributed by atoms with Crippen molar-refractivity contribution in [3.63, 3.8) is 0 Å². The number of nitrogens with zero attached hydrogens (tertiary/aromatic N) is 8. The molecule has 2 aliphatic rings. The van der Waals surface area contributed by atoms with Crippen molar-refractivity contribution in [3.8, 4) is 16.8 Å². The first kappa shape index (κ1) is 23.3. The van der Waals surface area contributed by atoms with Gasteiger partial charge in [0.15, 0.2) is 11.4 Å². The lowest BCUT2D eigenvalue weighted by Gasteiger charge is -2.38. The van der Waals surface area contributed by atoms with E-state index in [4.69, 9.17) is 10.7 Å². The average Bonchev–Trinajstić information content (AvgIpc) is 3.74. The third-order valence-electron chi connectivity index (χ3n) is 7.95. The maximum absolute atomic E-state index is 13.1. The van der Waals surface area contributed by atoms with Crippen molar-refractivity contribution < 1.29 is 9.59 Å². The van der Waals surface area contributed by atoms with Crippen LogP contribution in [-0.2, 0) is 0 Å². The molecule has 4 aromatic heterocycles. The minimum Gasteiger partial charge on any atom is -0.383 e. The molecule has 0 unspecified atom stereocenters. The number of para-hydroxylation sites is 1. The Morgan fingerprint density at radius 1 is 1.05 bits per heavy atom. The summed E-state index contributed by atoms with van der Waals surface area (Å²) in [5, 5.41) is 16.7. The molecule has 12 heteroatoms. The van der Waals surface area contributed by atoms with Crippen LogP contribution in [0.2, 0.25) is 0 Å². The van der Waals surface area contributed by atoms with Crippen molar-refractivity contribution in [2.75, 3.05) is 5.73 Å².